The summed E-state index contributed by atoms with van der Waals surface area (Å²) in [6.45, 7) is 4.20. The van der Waals surface area contributed by atoms with Crippen molar-refractivity contribution in [3.8, 4) is 0 Å². The van der Waals surface area contributed by atoms with Crippen LogP contribution in [0.4, 0.5) is 0 Å². The lowest BCUT2D eigenvalue weighted by Crippen LogP contribution is -2.60. The number of nitrogens with zero attached hydrogens (tertiary/aromatic N) is 2. The van der Waals surface area contributed by atoms with Gasteiger partial charge in [-0.1, -0.05) is 24.3 Å². The van der Waals surface area contributed by atoms with Crippen LogP contribution < -0.4 is 0 Å². The van der Waals surface area contributed by atoms with Crippen molar-refractivity contribution in [2.75, 3.05) is 46.4 Å². The van der Waals surface area contributed by atoms with E-state index in [2.05, 4.69) is 29.2 Å². The average molecular weight is 373 g/mol. The maximum atomic E-state index is 12.8. The third-order valence-electron chi connectivity index (χ3n) is 7.03. The fraction of sp³-hybridized carbons (Fsp3) is 0.682. The molecule has 0 saturated carbocycles. The first-order chi connectivity index (χ1) is 13.1. The molecule has 1 aromatic carbocycles. The van der Waals surface area contributed by atoms with Gasteiger partial charge in [-0.15, -0.1) is 0 Å². The molecule has 1 amide bonds. The molecule has 4 rings (SSSR count). The summed E-state index contributed by atoms with van der Waals surface area (Å²) in [5, 5.41) is 11.1. The molecule has 0 aromatic heterocycles. The Morgan fingerprint density at radius 3 is 2.67 bits per heavy atom. The van der Waals surface area contributed by atoms with E-state index in [9.17, 15) is 9.90 Å². The number of hydrogen-bond donors (Lipinski definition) is 1. The Bertz CT molecular complexity index is 684. The van der Waals surface area contributed by atoms with E-state index in [-0.39, 0.29) is 5.91 Å². The molecule has 1 aromatic rings. The van der Waals surface area contributed by atoms with Crippen LogP contribution >= 0.6 is 0 Å². The molecule has 2 heterocycles. The molecule has 1 unspecified atom stereocenters. The molecule has 1 atom stereocenters. The van der Waals surface area contributed by atoms with Crippen LogP contribution in [0.5, 0.6) is 0 Å². The summed E-state index contributed by atoms with van der Waals surface area (Å²) in [5.41, 5.74) is 2.14. The summed E-state index contributed by atoms with van der Waals surface area (Å²) in [7, 11) is 1.64. The summed E-state index contributed by atoms with van der Waals surface area (Å²) in [6.07, 6.45) is 6.11. The predicted molar refractivity (Wildman–Crippen MR) is 105 cm³/mol. The Morgan fingerprint density at radius 1 is 1.11 bits per heavy atom. The van der Waals surface area contributed by atoms with Crippen LogP contribution in [0.25, 0.3) is 0 Å². The molecule has 0 radical (unpaired) electrons. The Kier molecular flexibility index (Phi) is 5.28. The van der Waals surface area contributed by atoms with Gasteiger partial charge in [0.2, 0.25) is 0 Å². The summed E-state index contributed by atoms with van der Waals surface area (Å²) in [6, 6.07) is 8.89. The third-order valence-corrected chi connectivity index (χ3v) is 7.03. The van der Waals surface area contributed by atoms with Crippen molar-refractivity contribution in [1.29, 1.82) is 0 Å². The van der Waals surface area contributed by atoms with Crippen molar-refractivity contribution in [2.45, 2.75) is 49.5 Å². The SMILES string of the molecule is COCCN1CCCC(O)(CN2CCC3(CCc4ccccc43)CC2)C1=O. The maximum absolute atomic E-state index is 12.8. The summed E-state index contributed by atoms with van der Waals surface area (Å²) < 4.78 is 5.11. The monoisotopic (exact) mass is 372 g/mol. The molecule has 2 saturated heterocycles. The quantitative estimate of drug-likeness (QED) is 0.859. The number of rotatable bonds is 5. The van der Waals surface area contributed by atoms with Gasteiger partial charge in [-0.3, -0.25) is 9.69 Å². The van der Waals surface area contributed by atoms with Gasteiger partial charge in [0.05, 0.1) is 6.61 Å². The van der Waals surface area contributed by atoms with Crippen LogP contribution in [-0.2, 0) is 21.4 Å². The number of piperidine rings is 2. The van der Waals surface area contributed by atoms with E-state index >= 15 is 0 Å². The van der Waals surface area contributed by atoms with Gasteiger partial charge >= 0.3 is 0 Å². The Morgan fingerprint density at radius 2 is 1.89 bits per heavy atom. The van der Waals surface area contributed by atoms with Gasteiger partial charge in [0.15, 0.2) is 5.60 Å². The van der Waals surface area contributed by atoms with Crippen molar-refractivity contribution in [1.82, 2.24) is 9.80 Å². The highest BCUT2D eigenvalue weighted by Gasteiger charge is 2.46. The van der Waals surface area contributed by atoms with E-state index in [1.54, 1.807) is 17.6 Å². The third kappa shape index (κ3) is 3.53. The molecule has 1 spiro atoms. The van der Waals surface area contributed by atoms with Crippen molar-refractivity contribution in [3.05, 3.63) is 35.4 Å². The highest BCUT2D eigenvalue weighted by molar-refractivity contribution is 5.86. The zero-order chi connectivity index (χ0) is 18.9. The number of amides is 1. The van der Waals surface area contributed by atoms with E-state index in [1.165, 1.54) is 18.4 Å². The normalized spacial score (nSPS) is 27.9. The first-order valence-corrected chi connectivity index (χ1v) is 10.4. The number of likely N-dealkylation sites (tertiary alicyclic amines) is 2. The van der Waals surface area contributed by atoms with Crippen LogP contribution in [0.3, 0.4) is 0 Å². The number of benzene rings is 1. The lowest BCUT2D eigenvalue weighted by atomic mass is 9.73. The molecule has 1 aliphatic carbocycles. The first kappa shape index (κ1) is 18.9. The molecule has 1 N–H and O–H groups in total. The molecule has 5 heteroatoms. The maximum Gasteiger partial charge on any atom is 0.255 e. The van der Waals surface area contributed by atoms with Gasteiger partial charge < -0.3 is 14.7 Å². The Hall–Kier alpha value is -1.43. The summed E-state index contributed by atoms with van der Waals surface area (Å²) in [5.74, 6) is -0.114. The second kappa shape index (κ2) is 7.53. The zero-order valence-corrected chi connectivity index (χ0v) is 16.5. The molecule has 3 aliphatic rings. The minimum absolute atomic E-state index is 0.114. The van der Waals surface area contributed by atoms with Crippen molar-refractivity contribution < 1.29 is 14.6 Å². The van der Waals surface area contributed by atoms with E-state index in [0.29, 0.717) is 31.5 Å². The Balaban J connectivity index is 1.38. The van der Waals surface area contributed by atoms with E-state index in [4.69, 9.17) is 4.74 Å². The van der Waals surface area contributed by atoms with Gasteiger partial charge in [0, 0.05) is 26.7 Å². The smallest absolute Gasteiger partial charge is 0.255 e. The second-order valence-corrected chi connectivity index (χ2v) is 8.63. The highest BCUT2D eigenvalue weighted by atomic mass is 16.5. The first-order valence-electron chi connectivity index (χ1n) is 10.4. The average Bonchev–Trinajstić information content (AvgIpc) is 3.04. The van der Waals surface area contributed by atoms with Gasteiger partial charge in [-0.2, -0.15) is 0 Å². The zero-order valence-electron chi connectivity index (χ0n) is 16.5. The predicted octanol–water partition coefficient (Wildman–Crippen LogP) is 1.97. The van der Waals surface area contributed by atoms with E-state index in [0.717, 1.165) is 38.9 Å². The number of aliphatic hydroxyl groups is 1. The van der Waals surface area contributed by atoms with Gasteiger partial charge in [0.25, 0.3) is 5.91 Å². The molecule has 148 valence electrons. The highest BCUT2D eigenvalue weighted by Crippen LogP contribution is 2.46. The van der Waals surface area contributed by atoms with Gasteiger partial charge in [-0.05, 0) is 68.2 Å². The number of hydrogen-bond acceptors (Lipinski definition) is 4. The van der Waals surface area contributed by atoms with Crippen LogP contribution in [0.1, 0.15) is 43.2 Å². The van der Waals surface area contributed by atoms with Gasteiger partial charge in [-0.25, -0.2) is 0 Å². The number of β-amino-alcohol motifs (C(OH)–C–C–N with tert-alkyl or cyclic N) is 1. The lowest BCUT2D eigenvalue weighted by Gasteiger charge is -2.45. The van der Waals surface area contributed by atoms with Crippen molar-refractivity contribution >= 4 is 5.91 Å². The van der Waals surface area contributed by atoms with Crippen LogP contribution in [0.15, 0.2) is 24.3 Å². The topological polar surface area (TPSA) is 53.0 Å². The molecule has 27 heavy (non-hydrogen) atoms. The summed E-state index contributed by atoms with van der Waals surface area (Å²) >= 11 is 0. The largest absolute Gasteiger partial charge is 0.383 e. The lowest BCUT2D eigenvalue weighted by molar-refractivity contribution is -0.160. The van der Waals surface area contributed by atoms with Crippen LogP contribution in [-0.4, -0.2) is 72.9 Å². The second-order valence-electron chi connectivity index (χ2n) is 8.63. The number of carbonyl (C=O) groups excluding carboxylic acids is 1. The molecule has 5 nitrogen and oxygen atoms in total. The molecule has 2 fully saturated rings. The number of aryl methyl sites for hydroxylation is 1. The molecule has 2 aliphatic heterocycles. The fourth-order valence-electron chi connectivity index (χ4n) is 5.42. The molecule has 0 bridgehead atoms. The van der Waals surface area contributed by atoms with E-state index in [1.807, 2.05) is 0 Å². The minimum Gasteiger partial charge on any atom is -0.383 e. The van der Waals surface area contributed by atoms with Crippen LogP contribution in [0, 0.1) is 0 Å². The Labute approximate surface area is 162 Å². The fourth-order valence-corrected chi connectivity index (χ4v) is 5.42. The molecular weight excluding hydrogens is 340 g/mol. The van der Waals surface area contributed by atoms with Crippen molar-refractivity contribution in [3.63, 3.8) is 0 Å². The van der Waals surface area contributed by atoms with E-state index < -0.39 is 5.60 Å². The molecular formula is C22H32N2O3. The number of fused-ring (bicyclic) bond motifs is 2. The number of carbonyl (C=O) groups is 1. The standard InChI is InChI=1S/C22H32N2O3/c1-27-16-15-24-12-4-8-22(26,20(24)25)17-23-13-10-21(11-14-23)9-7-18-5-2-3-6-19(18)21/h2-3,5-6,26H,4,7-17H2,1H3. The number of methoxy groups -OCH3 is 1. The number of ether oxygens (including phenoxy) is 1. The van der Waals surface area contributed by atoms with Crippen LogP contribution in [0.2, 0.25) is 0 Å². The van der Waals surface area contributed by atoms with Gasteiger partial charge in [0.1, 0.15) is 0 Å². The van der Waals surface area contributed by atoms with Crippen molar-refractivity contribution in [2.24, 2.45) is 0 Å². The minimum atomic E-state index is -1.23. The summed E-state index contributed by atoms with van der Waals surface area (Å²) in [4.78, 5) is 16.9.